The summed E-state index contributed by atoms with van der Waals surface area (Å²) < 4.78 is 37.8. The fraction of sp³-hybridized carbons (Fsp3) is 0.538. The summed E-state index contributed by atoms with van der Waals surface area (Å²) in [5, 5.41) is 5.54. The van der Waals surface area contributed by atoms with Gasteiger partial charge in [-0.05, 0) is 19.5 Å². The molecule has 0 radical (unpaired) electrons. The van der Waals surface area contributed by atoms with Gasteiger partial charge in [0.25, 0.3) is 0 Å². The number of nitrogens with one attached hydrogen (secondary N) is 2. The molecule has 0 spiro atoms. The van der Waals surface area contributed by atoms with Crippen molar-refractivity contribution in [1.29, 1.82) is 0 Å². The average molecular weight is 373 g/mol. The smallest absolute Gasteiger partial charge is 0.353 e. The predicted molar refractivity (Wildman–Crippen MR) is 84.2 cm³/mol. The van der Waals surface area contributed by atoms with Gasteiger partial charge in [0.2, 0.25) is 5.91 Å². The molecule has 0 bridgehead atoms. The highest BCUT2D eigenvalue weighted by atomic mass is 35.5. The van der Waals surface area contributed by atoms with Crippen molar-refractivity contribution in [3.63, 3.8) is 0 Å². The first-order valence-electron chi connectivity index (χ1n) is 6.73. The SMILES string of the molecule is CNCC(=O)NC1CCN(c2ncc(C(F)(F)F)cc2Cl)C1.Cl. The van der Waals surface area contributed by atoms with Crippen LogP contribution < -0.4 is 15.5 Å². The topological polar surface area (TPSA) is 57.3 Å². The Kier molecular flexibility index (Phi) is 6.91. The third kappa shape index (κ3) is 5.12. The van der Waals surface area contributed by atoms with Gasteiger partial charge in [0.05, 0.1) is 17.1 Å². The summed E-state index contributed by atoms with van der Waals surface area (Å²) in [5.41, 5.74) is -0.876. The van der Waals surface area contributed by atoms with E-state index in [0.29, 0.717) is 25.3 Å². The fourth-order valence-corrected chi connectivity index (χ4v) is 2.61. The molecule has 2 heterocycles. The number of amides is 1. The zero-order chi connectivity index (χ0) is 16.3. The van der Waals surface area contributed by atoms with Gasteiger partial charge >= 0.3 is 6.18 Å². The van der Waals surface area contributed by atoms with Crippen LogP contribution in [0.1, 0.15) is 12.0 Å². The van der Waals surface area contributed by atoms with Gasteiger partial charge in [0.15, 0.2) is 0 Å². The highest BCUT2D eigenvalue weighted by molar-refractivity contribution is 6.33. The van der Waals surface area contributed by atoms with Crippen molar-refractivity contribution in [2.45, 2.75) is 18.6 Å². The largest absolute Gasteiger partial charge is 0.417 e. The van der Waals surface area contributed by atoms with E-state index in [-0.39, 0.29) is 35.9 Å². The number of aromatic nitrogens is 1. The number of likely N-dealkylation sites (N-methyl/N-ethyl adjacent to an activating group) is 1. The Bertz CT molecular complexity index is 557. The molecule has 1 aliphatic heterocycles. The lowest BCUT2D eigenvalue weighted by Crippen LogP contribution is -2.41. The van der Waals surface area contributed by atoms with Gasteiger partial charge in [0.1, 0.15) is 5.82 Å². The van der Waals surface area contributed by atoms with Gasteiger partial charge in [-0.3, -0.25) is 4.79 Å². The average Bonchev–Trinajstić information content (AvgIpc) is 2.86. The Morgan fingerprint density at radius 2 is 2.22 bits per heavy atom. The molecule has 1 amide bonds. The van der Waals surface area contributed by atoms with Crippen LogP contribution in [0.15, 0.2) is 12.3 Å². The molecule has 5 nitrogen and oxygen atoms in total. The van der Waals surface area contributed by atoms with Gasteiger partial charge in [-0.2, -0.15) is 13.2 Å². The number of rotatable bonds is 4. The maximum atomic E-state index is 12.6. The summed E-state index contributed by atoms with van der Waals surface area (Å²) in [6.07, 6.45) is -3.01. The lowest BCUT2D eigenvalue weighted by molar-refractivity contribution is -0.137. The van der Waals surface area contributed by atoms with Crippen molar-refractivity contribution in [3.05, 3.63) is 22.8 Å². The third-order valence-corrected chi connectivity index (χ3v) is 3.62. The van der Waals surface area contributed by atoms with E-state index in [0.717, 1.165) is 12.3 Å². The van der Waals surface area contributed by atoms with E-state index in [1.165, 1.54) is 0 Å². The standard InChI is InChI=1S/C13H16ClF3N4O.ClH/c1-18-6-11(22)20-9-2-3-21(7-9)12-10(14)4-8(5-19-12)13(15,16)17;/h4-5,9,18H,2-3,6-7H2,1H3,(H,20,22);1H. The molecule has 2 rings (SSSR count). The van der Waals surface area contributed by atoms with Crippen molar-refractivity contribution in [1.82, 2.24) is 15.6 Å². The van der Waals surface area contributed by atoms with Crippen LogP contribution in [0.2, 0.25) is 5.02 Å². The normalized spacial score (nSPS) is 17.8. The molecule has 2 N–H and O–H groups in total. The number of nitrogens with zero attached hydrogens (tertiary/aromatic N) is 2. The van der Waals surface area contributed by atoms with Crippen LogP contribution in [0.5, 0.6) is 0 Å². The van der Waals surface area contributed by atoms with E-state index in [1.807, 2.05) is 0 Å². The molecule has 0 saturated carbocycles. The van der Waals surface area contributed by atoms with Crippen LogP contribution in [-0.4, -0.2) is 43.6 Å². The van der Waals surface area contributed by atoms with E-state index < -0.39 is 11.7 Å². The predicted octanol–water partition coefficient (Wildman–Crippen LogP) is 2.09. The number of anilines is 1. The summed E-state index contributed by atoms with van der Waals surface area (Å²) in [6.45, 7) is 1.26. The second kappa shape index (κ2) is 8.03. The lowest BCUT2D eigenvalue weighted by Gasteiger charge is -2.20. The number of hydrogen-bond acceptors (Lipinski definition) is 4. The highest BCUT2D eigenvalue weighted by Gasteiger charge is 2.33. The van der Waals surface area contributed by atoms with Gasteiger partial charge < -0.3 is 15.5 Å². The molecule has 130 valence electrons. The minimum atomic E-state index is -4.47. The summed E-state index contributed by atoms with van der Waals surface area (Å²) in [4.78, 5) is 17.1. The van der Waals surface area contributed by atoms with E-state index >= 15 is 0 Å². The van der Waals surface area contributed by atoms with Crippen LogP contribution in [-0.2, 0) is 11.0 Å². The molecular formula is C13H17Cl2F3N4O. The Hall–Kier alpha value is -1.25. The molecule has 1 atom stereocenters. The Morgan fingerprint density at radius 1 is 1.52 bits per heavy atom. The molecule has 1 aromatic heterocycles. The Morgan fingerprint density at radius 3 is 2.78 bits per heavy atom. The Balaban J connectivity index is 0.00000264. The van der Waals surface area contributed by atoms with Crippen molar-refractivity contribution in [2.24, 2.45) is 0 Å². The first kappa shape index (κ1) is 19.8. The maximum absolute atomic E-state index is 12.6. The molecule has 1 fully saturated rings. The van der Waals surface area contributed by atoms with E-state index in [1.54, 1.807) is 11.9 Å². The van der Waals surface area contributed by atoms with Gasteiger partial charge in [-0.1, -0.05) is 11.6 Å². The monoisotopic (exact) mass is 372 g/mol. The summed E-state index contributed by atoms with van der Waals surface area (Å²) >= 11 is 5.92. The molecule has 10 heteroatoms. The molecule has 1 saturated heterocycles. The maximum Gasteiger partial charge on any atom is 0.417 e. The lowest BCUT2D eigenvalue weighted by atomic mass is 10.2. The zero-order valence-electron chi connectivity index (χ0n) is 12.3. The number of halogens is 5. The third-order valence-electron chi connectivity index (χ3n) is 3.34. The number of carbonyl (C=O) groups excluding carboxylic acids is 1. The molecule has 23 heavy (non-hydrogen) atoms. The van der Waals surface area contributed by atoms with E-state index in [9.17, 15) is 18.0 Å². The number of hydrogen-bond donors (Lipinski definition) is 2. The van der Waals surface area contributed by atoms with Crippen molar-refractivity contribution in [2.75, 3.05) is 31.6 Å². The minimum absolute atomic E-state index is 0. The zero-order valence-corrected chi connectivity index (χ0v) is 13.9. The first-order chi connectivity index (χ1) is 10.3. The van der Waals surface area contributed by atoms with Crippen molar-refractivity contribution >= 4 is 35.7 Å². The highest BCUT2D eigenvalue weighted by Crippen LogP contribution is 2.34. The van der Waals surface area contributed by atoms with Crippen LogP contribution in [0, 0.1) is 0 Å². The fourth-order valence-electron chi connectivity index (χ4n) is 2.33. The van der Waals surface area contributed by atoms with Gasteiger partial charge in [0, 0.05) is 25.3 Å². The summed E-state index contributed by atoms with van der Waals surface area (Å²) in [5.74, 6) is 0.181. The molecule has 0 aliphatic carbocycles. The van der Waals surface area contributed by atoms with Crippen LogP contribution in [0.4, 0.5) is 19.0 Å². The number of carbonyl (C=O) groups is 1. The quantitative estimate of drug-likeness (QED) is 0.849. The van der Waals surface area contributed by atoms with Crippen LogP contribution in [0.3, 0.4) is 0 Å². The van der Waals surface area contributed by atoms with Crippen molar-refractivity contribution in [3.8, 4) is 0 Å². The summed E-state index contributed by atoms with van der Waals surface area (Å²) in [7, 11) is 1.67. The van der Waals surface area contributed by atoms with Crippen LogP contribution in [0.25, 0.3) is 0 Å². The van der Waals surface area contributed by atoms with Crippen LogP contribution >= 0.6 is 24.0 Å². The number of pyridine rings is 1. The molecule has 1 aliphatic rings. The van der Waals surface area contributed by atoms with E-state index in [2.05, 4.69) is 15.6 Å². The van der Waals surface area contributed by atoms with Gasteiger partial charge in [-0.15, -0.1) is 12.4 Å². The molecule has 0 aromatic carbocycles. The second-order valence-electron chi connectivity index (χ2n) is 5.06. The van der Waals surface area contributed by atoms with E-state index in [4.69, 9.17) is 11.6 Å². The van der Waals surface area contributed by atoms with Gasteiger partial charge in [-0.25, -0.2) is 4.98 Å². The molecular weight excluding hydrogens is 356 g/mol. The first-order valence-corrected chi connectivity index (χ1v) is 7.10. The van der Waals surface area contributed by atoms with Crippen molar-refractivity contribution < 1.29 is 18.0 Å². The summed E-state index contributed by atoms with van der Waals surface area (Å²) in [6, 6.07) is 0.803. The Labute approximate surface area is 143 Å². The molecule has 1 unspecified atom stereocenters. The second-order valence-corrected chi connectivity index (χ2v) is 5.46. The number of alkyl halides is 3. The minimum Gasteiger partial charge on any atom is -0.353 e. The molecule has 1 aromatic rings.